The Hall–Kier alpha value is -6.46. The highest BCUT2D eigenvalue weighted by molar-refractivity contribution is 6.34. The van der Waals surface area contributed by atoms with E-state index in [4.69, 9.17) is 11.6 Å². The number of anilines is 1. The molecule has 0 spiro atoms. The molecule has 0 radical (unpaired) electrons. The van der Waals surface area contributed by atoms with E-state index < -0.39 is 29.4 Å². The number of hydrogen-bond acceptors (Lipinski definition) is 7. The van der Waals surface area contributed by atoms with Crippen molar-refractivity contribution < 1.29 is 37.1 Å². The predicted octanol–water partition coefficient (Wildman–Crippen LogP) is 7.44. The van der Waals surface area contributed by atoms with Crippen LogP contribution in [0.4, 0.5) is 23.7 Å². The lowest BCUT2D eigenvalue weighted by molar-refractivity contribution is -0.131. The van der Waals surface area contributed by atoms with Crippen LogP contribution >= 0.6 is 11.6 Å². The van der Waals surface area contributed by atoms with Gasteiger partial charge < -0.3 is 24.6 Å². The molecular weight excluding hydrogens is 887 g/mol. The highest BCUT2D eigenvalue weighted by Crippen LogP contribution is 2.41. The van der Waals surface area contributed by atoms with E-state index >= 15 is 13.2 Å². The average molecular weight is 938 g/mol. The van der Waals surface area contributed by atoms with Gasteiger partial charge >= 0.3 is 6.03 Å². The average Bonchev–Trinajstić information content (AvgIpc) is 4.03. The fraction of sp³-hybridized carbons (Fsp3) is 0.388. The van der Waals surface area contributed by atoms with Gasteiger partial charge in [0.15, 0.2) is 5.82 Å². The van der Waals surface area contributed by atoms with E-state index in [1.54, 1.807) is 65.2 Å². The summed E-state index contributed by atoms with van der Waals surface area (Å²) in [5.74, 6) is -3.23. The number of piperidine rings is 2. The monoisotopic (exact) mass is 937 g/mol. The van der Waals surface area contributed by atoms with E-state index in [0.717, 1.165) is 12.8 Å². The Morgan fingerprint density at radius 2 is 1.64 bits per heavy atom. The summed E-state index contributed by atoms with van der Waals surface area (Å²) in [5.41, 5.74) is 1.90. The maximum atomic E-state index is 16.6. The Kier molecular flexibility index (Phi) is 13.0. The number of carbonyl (C=O) groups excluding carboxylic acids is 5. The Balaban J connectivity index is 0.884. The van der Waals surface area contributed by atoms with Gasteiger partial charge in [0.2, 0.25) is 11.8 Å². The molecule has 2 aromatic heterocycles. The SMILES string of the molecule is CN(C)C(=O)c1cc2c(-c3cc(F)c(C4CCN(C5CCN(C(=O)c6ccc(Cl)c(N7CCC(=O)NC7=O)c6)CC5)CC4)cc3F)cc(C3=CCCN(C(=O)CCn4cccn4)C3)c(F)c2[nH]1. The van der Waals surface area contributed by atoms with Crippen molar-refractivity contribution in [2.24, 2.45) is 0 Å². The van der Waals surface area contributed by atoms with Gasteiger partial charge in [0.25, 0.3) is 11.8 Å². The minimum absolute atomic E-state index is 0.0192. The van der Waals surface area contributed by atoms with Gasteiger partial charge in [-0.3, -0.25) is 34.1 Å². The van der Waals surface area contributed by atoms with Gasteiger partial charge in [-0.1, -0.05) is 17.7 Å². The number of nitrogens with zero attached hydrogens (tertiary/aromatic N) is 7. The number of imide groups is 1. The first-order valence-corrected chi connectivity index (χ1v) is 23.1. The Morgan fingerprint density at radius 3 is 2.36 bits per heavy atom. The third kappa shape index (κ3) is 9.31. The predicted molar refractivity (Wildman–Crippen MR) is 247 cm³/mol. The minimum Gasteiger partial charge on any atom is -0.348 e. The zero-order chi connectivity index (χ0) is 47.1. The number of aryl methyl sites for hydroxylation is 1. The molecule has 3 aromatic carbocycles. The van der Waals surface area contributed by atoms with E-state index in [2.05, 4.69) is 20.3 Å². The molecule has 0 unspecified atom stereocenters. The number of aromatic nitrogens is 3. The van der Waals surface area contributed by atoms with E-state index in [-0.39, 0.29) is 94.5 Å². The highest BCUT2D eigenvalue weighted by atomic mass is 35.5. The minimum atomic E-state index is -0.674. The van der Waals surface area contributed by atoms with Crippen molar-refractivity contribution in [1.82, 2.24) is 39.7 Å². The van der Waals surface area contributed by atoms with Crippen LogP contribution in [0.15, 0.2) is 67.0 Å². The molecule has 6 heterocycles. The second kappa shape index (κ2) is 19.0. The normalized spacial score (nSPS) is 17.8. The summed E-state index contributed by atoms with van der Waals surface area (Å²) in [6, 6.07) is 11.6. The molecule has 0 bridgehead atoms. The van der Waals surface area contributed by atoms with Crippen molar-refractivity contribution >= 4 is 63.4 Å². The number of halogens is 4. The lowest BCUT2D eigenvalue weighted by atomic mass is 9.86. The molecule has 0 aliphatic carbocycles. The summed E-state index contributed by atoms with van der Waals surface area (Å²) in [5, 5.41) is 6.97. The van der Waals surface area contributed by atoms with E-state index in [1.807, 2.05) is 6.08 Å². The van der Waals surface area contributed by atoms with Crippen LogP contribution in [0, 0.1) is 17.5 Å². The van der Waals surface area contributed by atoms with Crippen molar-refractivity contribution in [3.8, 4) is 11.1 Å². The molecule has 4 aliphatic heterocycles. The number of aromatic amines is 1. The molecule has 18 heteroatoms. The summed E-state index contributed by atoms with van der Waals surface area (Å²) >= 11 is 6.41. The van der Waals surface area contributed by atoms with Crippen molar-refractivity contribution in [2.75, 3.05) is 64.8 Å². The van der Waals surface area contributed by atoms with Gasteiger partial charge in [0, 0.05) is 107 Å². The van der Waals surface area contributed by atoms with Crippen LogP contribution < -0.4 is 10.2 Å². The third-order valence-electron chi connectivity index (χ3n) is 13.6. The number of hydrogen-bond donors (Lipinski definition) is 2. The first-order chi connectivity index (χ1) is 32.2. The van der Waals surface area contributed by atoms with Crippen LogP contribution in [0.1, 0.15) is 82.8 Å². The summed E-state index contributed by atoms with van der Waals surface area (Å²) in [4.78, 5) is 75.6. The zero-order valence-electron chi connectivity index (χ0n) is 37.3. The molecule has 14 nitrogen and oxygen atoms in total. The molecule has 0 atom stereocenters. The van der Waals surface area contributed by atoms with Crippen LogP contribution in [-0.2, 0) is 16.1 Å². The van der Waals surface area contributed by atoms with Crippen molar-refractivity contribution in [1.29, 1.82) is 0 Å². The lowest BCUT2D eigenvalue weighted by Crippen LogP contribution is -2.50. The number of H-pyrrole nitrogens is 1. The van der Waals surface area contributed by atoms with E-state index in [9.17, 15) is 24.0 Å². The molecule has 4 aliphatic rings. The van der Waals surface area contributed by atoms with Gasteiger partial charge in [-0.05, 0) is 116 Å². The van der Waals surface area contributed by atoms with Crippen LogP contribution in [-0.4, -0.2) is 130 Å². The zero-order valence-corrected chi connectivity index (χ0v) is 38.1. The number of urea groups is 1. The van der Waals surface area contributed by atoms with Gasteiger partial charge in [0.1, 0.15) is 17.3 Å². The lowest BCUT2D eigenvalue weighted by Gasteiger charge is -2.42. The van der Waals surface area contributed by atoms with Crippen LogP contribution in [0.5, 0.6) is 0 Å². The summed E-state index contributed by atoms with van der Waals surface area (Å²) < 4.78 is 51.3. The van der Waals surface area contributed by atoms with E-state index in [0.29, 0.717) is 80.4 Å². The highest BCUT2D eigenvalue weighted by Gasteiger charge is 2.34. The van der Waals surface area contributed by atoms with Gasteiger partial charge in [-0.15, -0.1) is 0 Å². The molecule has 3 saturated heterocycles. The molecule has 6 amide bonds. The third-order valence-corrected chi connectivity index (χ3v) is 13.9. The maximum absolute atomic E-state index is 16.6. The maximum Gasteiger partial charge on any atom is 0.328 e. The fourth-order valence-corrected chi connectivity index (χ4v) is 10.2. The quantitative estimate of drug-likeness (QED) is 0.148. The first-order valence-electron chi connectivity index (χ1n) is 22.7. The summed E-state index contributed by atoms with van der Waals surface area (Å²) in [6.45, 7) is 3.49. The Labute approximate surface area is 390 Å². The van der Waals surface area contributed by atoms with E-state index in [1.165, 1.54) is 34.1 Å². The molecule has 67 heavy (non-hydrogen) atoms. The largest absolute Gasteiger partial charge is 0.348 e. The Bertz CT molecular complexity index is 2790. The number of nitrogens with one attached hydrogen (secondary N) is 2. The number of amides is 6. The molecule has 350 valence electrons. The van der Waals surface area contributed by atoms with Gasteiger partial charge in [-0.25, -0.2) is 18.0 Å². The molecule has 0 saturated carbocycles. The van der Waals surface area contributed by atoms with Crippen molar-refractivity contribution in [3.05, 3.63) is 112 Å². The van der Waals surface area contributed by atoms with Crippen LogP contribution in [0.2, 0.25) is 5.02 Å². The smallest absolute Gasteiger partial charge is 0.328 e. The molecule has 5 aromatic rings. The van der Waals surface area contributed by atoms with Crippen LogP contribution in [0.25, 0.3) is 27.6 Å². The number of rotatable bonds is 10. The second-order valence-corrected chi connectivity index (χ2v) is 18.3. The molecule has 3 fully saturated rings. The first kappa shape index (κ1) is 45.7. The molecule has 2 N–H and O–H groups in total. The van der Waals surface area contributed by atoms with Gasteiger partial charge in [0.05, 0.1) is 16.2 Å². The number of benzene rings is 3. The number of likely N-dealkylation sites (tertiary alicyclic amines) is 2. The molecule has 9 rings (SSSR count). The van der Waals surface area contributed by atoms with Crippen LogP contribution in [0.3, 0.4) is 0 Å². The van der Waals surface area contributed by atoms with Crippen molar-refractivity contribution in [2.45, 2.75) is 63.5 Å². The molecular formula is C49H51ClF3N9O5. The topological polar surface area (TPSA) is 147 Å². The standard InChI is InChI=1S/C49H51ClF3N9O5/c1-57(2)48(66)41-27-37-35(24-34(45(53)46(37)55-41)31-5-3-15-60(28-31)44(64)13-21-61-16-4-14-54-61)36-26-39(51)33(25-40(36)52)29-8-17-58(18-9-29)32-10-19-59(20-11-32)47(65)30-6-7-38(50)42(23-30)62-22-12-43(63)56-49(62)67/h4-7,14,16,23-27,29,32,55H,3,8-13,15,17-22,28H2,1-2H3,(H,56,63,67). The summed E-state index contributed by atoms with van der Waals surface area (Å²) in [7, 11) is 3.13. The fourth-order valence-electron chi connectivity index (χ4n) is 9.95. The van der Waals surface area contributed by atoms with Gasteiger partial charge in [-0.2, -0.15) is 5.10 Å². The second-order valence-electron chi connectivity index (χ2n) is 17.9. The number of fused-ring (bicyclic) bond motifs is 1. The Morgan fingerprint density at radius 1 is 0.866 bits per heavy atom. The summed E-state index contributed by atoms with van der Waals surface area (Å²) in [6.07, 6.45) is 8.74. The van der Waals surface area contributed by atoms with Crippen molar-refractivity contribution in [3.63, 3.8) is 0 Å². The number of carbonyl (C=O) groups is 5.